The largest absolute Gasteiger partial charge is 0.376 e. The van der Waals surface area contributed by atoms with E-state index in [0.29, 0.717) is 13.2 Å². The van der Waals surface area contributed by atoms with Gasteiger partial charge in [0.25, 0.3) is 0 Å². The van der Waals surface area contributed by atoms with Crippen LogP contribution in [-0.2, 0) is 9.47 Å². The van der Waals surface area contributed by atoms with Crippen LogP contribution in [0.15, 0.2) is 24.3 Å². The van der Waals surface area contributed by atoms with Gasteiger partial charge in [-0.15, -0.1) is 0 Å². The molecule has 1 aliphatic carbocycles. The van der Waals surface area contributed by atoms with Gasteiger partial charge in [0.1, 0.15) is 0 Å². The van der Waals surface area contributed by atoms with Crippen molar-refractivity contribution in [3.05, 3.63) is 35.4 Å². The van der Waals surface area contributed by atoms with Gasteiger partial charge in [0, 0.05) is 0 Å². The summed E-state index contributed by atoms with van der Waals surface area (Å²) in [5.74, 6) is 0.779. The van der Waals surface area contributed by atoms with E-state index in [9.17, 15) is 0 Å². The van der Waals surface area contributed by atoms with Gasteiger partial charge in [-0.05, 0) is 29.9 Å². The summed E-state index contributed by atoms with van der Waals surface area (Å²) in [5.41, 5.74) is 2.80. The average Bonchev–Trinajstić information content (AvgIpc) is 2.56. The van der Waals surface area contributed by atoms with Crippen molar-refractivity contribution in [2.75, 3.05) is 19.8 Å². The minimum Gasteiger partial charge on any atom is -0.376 e. The van der Waals surface area contributed by atoms with Crippen molar-refractivity contribution in [3.8, 4) is 0 Å². The third-order valence-corrected chi connectivity index (χ3v) is 5.62. The van der Waals surface area contributed by atoms with Crippen LogP contribution >= 0.6 is 15.9 Å². The maximum Gasteiger partial charge on any atom is 0.0975 e. The van der Waals surface area contributed by atoms with Gasteiger partial charge in [0.05, 0.1) is 30.8 Å². The minimum atomic E-state index is 0.129. The van der Waals surface area contributed by atoms with Crippen LogP contribution < -0.4 is 0 Å². The van der Waals surface area contributed by atoms with Gasteiger partial charge in [0.15, 0.2) is 0 Å². The van der Waals surface area contributed by atoms with E-state index in [1.54, 1.807) is 0 Å². The first-order valence-corrected chi connectivity index (χ1v) is 8.69. The number of ether oxygens (including phenoxy) is 2. The monoisotopic (exact) mass is 338 g/mol. The first-order chi connectivity index (χ1) is 9.84. The Morgan fingerprint density at radius 2 is 1.75 bits per heavy atom. The number of hydrogen-bond donors (Lipinski definition) is 0. The number of alkyl halides is 1. The van der Waals surface area contributed by atoms with Crippen LogP contribution in [0.4, 0.5) is 0 Å². The summed E-state index contributed by atoms with van der Waals surface area (Å²) < 4.78 is 11.3. The average molecular weight is 339 g/mol. The molecule has 2 unspecified atom stereocenters. The highest BCUT2D eigenvalue weighted by Crippen LogP contribution is 2.35. The lowest BCUT2D eigenvalue weighted by atomic mass is 9.84. The van der Waals surface area contributed by atoms with Crippen LogP contribution in [0.1, 0.15) is 54.0 Å². The van der Waals surface area contributed by atoms with Gasteiger partial charge in [-0.3, -0.25) is 0 Å². The molecule has 3 rings (SSSR count). The maximum atomic E-state index is 5.77. The second-order valence-corrected chi connectivity index (χ2v) is 6.87. The van der Waals surface area contributed by atoms with Crippen LogP contribution in [0, 0.1) is 0 Å². The molecule has 0 bridgehead atoms. The van der Waals surface area contributed by atoms with Gasteiger partial charge in [-0.25, -0.2) is 0 Å². The van der Waals surface area contributed by atoms with Crippen molar-refractivity contribution in [2.45, 2.75) is 49.0 Å². The maximum absolute atomic E-state index is 5.77. The van der Waals surface area contributed by atoms with Gasteiger partial charge >= 0.3 is 0 Å². The van der Waals surface area contributed by atoms with Crippen LogP contribution in [0.25, 0.3) is 0 Å². The molecule has 2 nitrogen and oxygen atoms in total. The molecule has 1 aromatic carbocycles. The van der Waals surface area contributed by atoms with Crippen LogP contribution in [-0.4, -0.2) is 25.9 Å². The smallest absolute Gasteiger partial charge is 0.0975 e. The van der Waals surface area contributed by atoms with E-state index >= 15 is 0 Å². The molecule has 1 saturated heterocycles. The minimum absolute atomic E-state index is 0.129. The Labute approximate surface area is 130 Å². The summed E-state index contributed by atoms with van der Waals surface area (Å²) in [5, 5.41) is 0. The van der Waals surface area contributed by atoms with E-state index in [1.807, 2.05) is 0 Å². The van der Waals surface area contributed by atoms with E-state index in [4.69, 9.17) is 9.47 Å². The summed E-state index contributed by atoms with van der Waals surface area (Å²) in [7, 11) is 0. The molecular formula is C17H23BrO2. The number of benzene rings is 1. The predicted octanol–water partition coefficient (Wildman–Crippen LogP) is 4.59. The highest BCUT2D eigenvalue weighted by atomic mass is 79.9. The molecule has 1 saturated carbocycles. The second-order valence-electron chi connectivity index (χ2n) is 5.89. The Balaban J connectivity index is 1.65. The van der Waals surface area contributed by atoms with Gasteiger partial charge in [0.2, 0.25) is 0 Å². The topological polar surface area (TPSA) is 18.5 Å². The van der Waals surface area contributed by atoms with Crippen molar-refractivity contribution in [3.63, 3.8) is 0 Å². The zero-order valence-electron chi connectivity index (χ0n) is 11.9. The highest BCUT2D eigenvalue weighted by molar-refractivity contribution is 9.09. The lowest BCUT2D eigenvalue weighted by Gasteiger charge is -2.28. The molecule has 2 aliphatic rings. The normalized spacial score (nSPS) is 26.4. The summed E-state index contributed by atoms with van der Waals surface area (Å²) in [6.07, 6.45) is 7.04. The molecule has 20 heavy (non-hydrogen) atoms. The lowest BCUT2D eigenvalue weighted by Crippen LogP contribution is -2.31. The summed E-state index contributed by atoms with van der Waals surface area (Å²) in [6.45, 7) is 2.10. The van der Waals surface area contributed by atoms with E-state index in [0.717, 1.165) is 12.5 Å². The van der Waals surface area contributed by atoms with Crippen molar-refractivity contribution in [1.82, 2.24) is 0 Å². The standard InChI is InChI=1S/C17H23BrO2/c18-17(16-12-19-10-11-20-16)15-8-6-14(7-9-15)13-4-2-1-3-5-13/h6-9,13,16-17H,1-5,10-12H2. The molecule has 0 N–H and O–H groups in total. The quantitative estimate of drug-likeness (QED) is 0.750. The molecule has 1 heterocycles. The van der Waals surface area contributed by atoms with E-state index in [1.165, 1.54) is 43.2 Å². The van der Waals surface area contributed by atoms with Crippen molar-refractivity contribution >= 4 is 15.9 Å². The molecule has 1 aliphatic heterocycles. The highest BCUT2D eigenvalue weighted by Gasteiger charge is 2.24. The van der Waals surface area contributed by atoms with Gasteiger partial charge < -0.3 is 9.47 Å². The fraction of sp³-hybridized carbons (Fsp3) is 0.647. The van der Waals surface area contributed by atoms with Crippen molar-refractivity contribution in [2.24, 2.45) is 0 Å². The van der Waals surface area contributed by atoms with E-state index < -0.39 is 0 Å². The Hall–Kier alpha value is -0.380. The fourth-order valence-corrected chi connectivity index (χ4v) is 3.89. The number of hydrogen-bond acceptors (Lipinski definition) is 2. The lowest BCUT2D eigenvalue weighted by molar-refractivity contribution is -0.0876. The number of rotatable bonds is 3. The van der Waals surface area contributed by atoms with Crippen LogP contribution in [0.3, 0.4) is 0 Å². The molecule has 2 atom stereocenters. The third-order valence-electron chi connectivity index (χ3n) is 4.50. The summed E-state index contributed by atoms with van der Waals surface area (Å²) >= 11 is 3.76. The van der Waals surface area contributed by atoms with Crippen LogP contribution in [0.2, 0.25) is 0 Å². The molecule has 2 fully saturated rings. The molecule has 1 aromatic rings. The first-order valence-electron chi connectivity index (χ1n) is 7.78. The zero-order chi connectivity index (χ0) is 13.8. The molecule has 0 amide bonds. The van der Waals surface area contributed by atoms with E-state index in [-0.39, 0.29) is 10.9 Å². The first kappa shape index (κ1) is 14.6. The SMILES string of the molecule is BrC(c1ccc(C2CCCCC2)cc1)C1COCCO1. The molecule has 3 heteroatoms. The Kier molecular flexibility index (Phi) is 5.14. The van der Waals surface area contributed by atoms with Crippen LogP contribution in [0.5, 0.6) is 0 Å². The Morgan fingerprint density at radius 1 is 1.00 bits per heavy atom. The predicted molar refractivity (Wildman–Crippen MR) is 84.5 cm³/mol. The molecule has 0 radical (unpaired) electrons. The summed E-state index contributed by atoms with van der Waals surface area (Å²) in [6, 6.07) is 9.12. The fourth-order valence-electron chi connectivity index (χ4n) is 3.28. The molecular weight excluding hydrogens is 316 g/mol. The molecule has 0 spiro atoms. The third kappa shape index (κ3) is 3.44. The molecule has 0 aromatic heterocycles. The summed E-state index contributed by atoms with van der Waals surface area (Å²) in [4.78, 5) is 0.225. The van der Waals surface area contributed by atoms with Gasteiger partial charge in [-0.1, -0.05) is 59.5 Å². The number of halogens is 1. The zero-order valence-corrected chi connectivity index (χ0v) is 13.5. The van der Waals surface area contributed by atoms with E-state index in [2.05, 4.69) is 40.2 Å². The Morgan fingerprint density at radius 3 is 2.40 bits per heavy atom. The van der Waals surface area contributed by atoms with Crippen molar-refractivity contribution < 1.29 is 9.47 Å². The second kappa shape index (κ2) is 7.06. The Bertz CT molecular complexity index is 406. The van der Waals surface area contributed by atoms with Gasteiger partial charge in [-0.2, -0.15) is 0 Å². The molecule has 110 valence electrons. The van der Waals surface area contributed by atoms with Crippen molar-refractivity contribution in [1.29, 1.82) is 0 Å².